The Morgan fingerprint density at radius 2 is 1.38 bits per heavy atom. The third kappa shape index (κ3) is 1.82. The largest absolute Gasteiger partial charge is 0.309 e. The highest BCUT2D eigenvalue weighted by atomic mass is 15.0. The quantitative estimate of drug-likeness (QED) is 0.345. The lowest BCUT2D eigenvalue weighted by Crippen LogP contribution is -1.95. The Morgan fingerprint density at radius 1 is 0.625 bits per heavy atom. The molecule has 0 aliphatic heterocycles. The van der Waals surface area contributed by atoms with E-state index in [0.717, 1.165) is 0 Å². The zero-order chi connectivity index (χ0) is 16.1. The summed E-state index contributed by atoms with van der Waals surface area (Å²) in [5.41, 5.74) is 5.08. The Balaban J connectivity index is 1.96. The van der Waals surface area contributed by atoms with Crippen LogP contribution in [0.2, 0.25) is 0 Å². The molecule has 0 spiro atoms. The van der Waals surface area contributed by atoms with E-state index in [1.807, 2.05) is 0 Å². The summed E-state index contributed by atoms with van der Waals surface area (Å²) in [7, 11) is 0. The van der Waals surface area contributed by atoms with Gasteiger partial charge in [0.15, 0.2) is 0 Å². The number of hydrogen-bond donors (Lipinski definition) is 0. The zero-order valence-electron chi connectivity index (χ0n) is 13.5. The van der Waals surface area contributed by atoms with Gasteiger partial charge in [0.25, 0.3) is 0 Å². The van der Waals surface area contributed by atoms with E-state index < -0.39 is 0 Å². The maximum atomic E-state index is 2.40. The van der Waals surface area contributed by atoms with E-state index in [4.69, 9.17) is 0 Å². The number of rotatable bonds is 1. The van der Waals surface area contributed by atoms with Crippen LogP contribution in [0.4, 0.5) is 0 Å². The topological polar surface area (TPSA) is 4.93 Å². The molecule has 5 rings (SSSR count). The molecule has 0 saturated carbocycles. The first-order chi connectivity index (χ1) is 11.8. The second-order valence-corrected chi connectivity index (χ2v) is 6.36. The molecule has 0 radical (unpaired) electrons. The normalized spacial score (nSPS) is 11.5. The van der Waals surface area contributed by atoms with Crippen LogP contribution in [0.3, 0.4) is 0 Å². The number of para-hydroxylation sites is 2. The van der Waals surface area contributed by atoms with Crippen LogP contribution in [0, 0.1) is 6.92 Å². The molecule has 1 nitrogen and oxygen atoms in total. The molecule has 5 aromatic rings. The predicted molar refractivity (Wildman–Crippen MR) is 103 cm³/mol. The molecular formula is C23H17N. The molecule has 0 saturated heterocycles. The van der Waals surface area contributed by atoms with E-state index in [-0.39, 0.29) is 0 Å². The van der Waals surface area contributed by atoms with Gasteiger partial charge in [-0.1, -0.05) is 66.7 Å². The van der Waals surface area contributed by atoms with Crippen molar-refractivity contribution in [3.05, 3.63) is 90.5 Å². The van der Waals surface area contributed by atoms with Gasteiger partial charge in [0.05, 0.1) is 11.0 Å². The van der Waals surface area contributed by atoms with Crippen molar-refractivity contribution in [3.8, 4) is 5.69 Å². The Hall–Kier alpha value is -3.06. The van der Waals surface area contributed by atoms with E-state index in [1.165, 1.54) is 43.8 Å². The summed E-state index contributed by atoms with van der Waals surface area (Å²) >= 11 is 0. The van der Waals surface area contributed by atoms with Crippen molar-refractivity contribution in [2.75, 3.05) is 0 Å². The van der Waals surface area contributed by atoms with Crippen molar-refractivity contribution in [2.45, 2.75) is 6.92 Å². The molecule has 0 atom stereocenters. The molecule has 4 aromatic carbocycles. The van der Waals surface area contributed by atoms with Gasteiger partial charge in [0.1, 0.15) is 0 Å². The van der Waals surface area contributed by atoms with Crippen molar-refractivity contribution < 1.29 is 0 Å². The molecule has 0 unspecified atom stereocenters. The number of benzene rings is 4. The van der Waals surface area contributed by atoms with E-state index >= 15 is 0 Å². The fraction of sp³-hybridized carbons (Fsp3) is 0.0435. The molecule has 0 bridgehead atoms. The number of hydrogen-bond acceptors (Lipinski definition) is 0. The predicted octanol–water partition coefficient (Wildman–Crippen LogP) is 6.25. The minimum atomic E-state index is 1.22. The lowest BCUT2D eigenvalue weighted by molar-refractivity contribution is 1.17. The van der Waals surface area contributed by atoms with Gasteiger partial charge in [-0.15, -0.1) is 0 Å². The number of aryl methyl sites for hydroxylation is 1. The Bertz CT molecular complexity index is 1210. The SMILES string of the molecule is Cc1cccc2c3ccccc3n(-c3ccc4ccccc4c3)c12. The van der Waals surface area contributed by atoms with Gasteiger partial charge in [-0.05, 0) is 41.5 Å². The van der Waals surface area contributed by atoms with Crippen LogP contribution in [0.15, 0.2) is 84.9 Å². The average molecular weight is 307 g/mol. The first-order valence-electron chi connectivity index (χ1n) is 8.31. The van der Waals surface area contributed by atoms with Gasteiger partial charge in [-0.2, -0.15) is 0 Å². The molecule has 0 aliphatic carbocycles. The Kier molecular flexibility index (Phi) is 2.77. The van der Waals surface area contributed by atoms with Crippen LogP contribution in [0.1, 0.15) is 5.56 Å². The highest BCUT2D eigenvalue weighted by molar-refractivity contribution is 6.10. The van der Waals surface area contributed by atoms with Crippen molar-refractivity contribution in [2.24, 2.45) is 0 Å². The number of aromatic nitrogens is 1. The van der Waals surface area contributed by atoms with Crippen LogP contribution in [0.25, 0.3) is 38.3 Å². The molecule has 0 N–H and O–H groups in total. The molecule has 0 amide bonds. The summed E-state index contributed by atoms with van der Waals surface area (Å²) in [6, 6.07) is 30.5. The molecule has 1 heterocycles. The lowest BCUT2D eigenvalue weighted by Gasteiger charge is -2.10. The fourth-order valence-corrected chi connectivity index (χ4v) is 3.77. The van der Waals surface area contributed by atoms with E-state index in [2.05, 4.69) is 96.4 Å². The smallest absolute Gasteiger partial charge is 0.0570 e. The van der Waals surface area contributed by atoms with Crippen LogP contribution in [-0.2, 0) is 0 Å². The summed E-state index contributed by atoms with van der Waals surface area (Å²) in [6.45, 7) is 2.19. The molecule has 114 valence electrons. The summed E-state index contributed by atoms with van der Waals surface area (Å²) in [5, 5.41) is 5.18. The van der Waals surface area contributed by atoms with Crippen molar-refractivity contribution in [3.63, 3.8) is 0 Å². The molecule has 24 heavy (non-hydrogen) atoms. The molecule has 0 fully saturated rings. The van der Waals surface area contributed by atoms with Crippen LogP contribution < -0.4 is 0 Å². The number of fused-ring (bicyclic) bond motifs is 4. The highest BCUT2D eigenvalue weighted by Gasteiger charge is 2.13. The minimum absolute atomic E-state index is 1.22. The zero-order valence-corrected chi connectivity index (χ0v) is 13.5. The second kappa shape index (κ2) is 4.97. The minimum Gasteiger partial charge on any atom is -0.309 e. The van der Waals surface area contributed by atoms with Gasteiger partial charge in [0, 0.05) is 16.5 Å². The first-order valence-corrected chi connectivity index (χ1v) is 8.31. The van der Waals surface area contributed by atoms with Gasteiger partial charge in [0.2, 0.25) is 0 Å². The Morgan fingerprint density at radius 3 is 2.29 bits per heavy atom. The average Bonchev–Trinajstić information content (AvgIpc) is 2.97. The maximum absolute atomic E-state index is 2.40. The van der Waals surface area contributed by atoms with E-state index in [1.54, 1.807) is 0 Å². The van der Waals surface area contributed by atoms with Gasteiger partial charge >= 0.3 is 0 Å². The maximum Gasteiger partial charge on any atom is 0.0570 e. The van der Waals surface area contributed by atoms with Crippen molar-refractivity contribution >= 4 is 32.6 Å². The third-order valence-corrected chi connectivity index (χ3v) is 4.89. The molecule has 1 heteroatoms. The van der Waals surface area contributed by atoms with Crippen LogP contribution in [0.5, 0.6) is 0 Å². The van der Waals surface area contributed by atoms with E-state index in [9.17, 15) is 0 Å². The third-order valence-electron chi connectivity index (χ3n) is 4.89. The summed E-state index contributed by atoms with van der Waals surface area (Å²) in [5.74, 6) is 0. The second-order valence-electron chi connectivity index (χ2n) is 6.36. The monoisotopic (exact) mass is 307 g/mol. The summed E-state index contributed by atoms with van der Waals surface area (Å²) < 4.78 is 2.40. The van der Waals surface area contributed by atoms with E-state index in [0.29, 0.717) is 0 Å². The van der Waals surface area contributed by atoms with Gasteiger partial charge in [-0.3, -0.25) is 0 Å². The van der Waals surface area contributed by atoms with Crippen molar-refractivity contribution in [1.29, 1.82) is 0 Å². The standard InChI is InChI=1S/C23H17N/c1-16-7-6-11-21-20-10-4-5-12-22(20)24(23(16)21)19-14-13-17-8-2-3-9-18(17)15-19/h2-15H,1H3. The number of nitrogens with zero attached hydrogens (tertiary/aromatic N) is 1. The molecular weight excluding hydrogens is 290 g/mol. The van der Waals surface area contributed by atoms with Crippen LogP contribution in [-0.4, -0.2) is 4.57 Å². The highest BCUT2D eigenvalue weighted by Crippen LogP contribution is 2.34. The van der Waals surface area contributed by atoms with Crippen LogP contribution >= 0.6 is 0 Å². The summed E-state index contributed by atoms with van der Waals surface area (Å²) in [4.78, 5) is 0. The molecule has 1 aromatic heterocycles. The summed E-state index contributed by atoms with van der Waals surface area (Å²) in [6.07, 6.45) is 0. The first kappa shape index (κ1) is 13.4. The fourth-order valence-electron chi connectivity index (χ4n) is 3.77. The lowest BCUT2D eigenvalue weighted by atomic mass is 10.1. The Labute approximate surface area is 140 Å². The molecule has 0 aliphatic rings. The van der Waals surface area contributed by atoms with Crippen molar-refractivity contribution in [1.82, 2.24) is 4.57 Å². The van der Waals surface area contributed by atoms with Gasteiger partial charge in [-0.25, -0.2) is 0 Å². The van der Waals surface area contributed by atoms with Gasteiger partial charge < -0.3 is 4.57 Å².